The third-order valence-electron chi connectivity index (χ3n) is 7.23. The number of benzene rings is 4. The molecule has 0 spiro atoms. The number of carboxylic acid groups (broad SMARTS) is 1. The molecule has 0 aliphatic rings. The summed E-state index contributed by atoms with van der Waals surface area (Å²) < 4.78 is 0. The molecule has 4 aromatic carbocycles. The number of nitrogens with one attached hydrogen (secondary N) is 3. The second-order valence-corrected chi connectivity index (χ2v) is 10.1. The molecule has 5 N–H and O–H groups in total. The third kappa shape index (κ3) is 7.60. The van der Waals surface area contributed by atoms with Crippen molar-refractivity contribution in [3.63, 3.8) is 0 Å². The minimum atomic E-state index is -1.24. The molecule has 0 saturated heterocycles. The molecule has 4 aromatic rings. The van der Waals surface area contributed by atoms with Gasteiger partial charge in [-0.3, -0.25) is 10.1 Å². The number of aryl methyl sites for hydroxylation is 1. The SMILES string of the molecule is Cc1ccc(C(NCCCCC(NC(=O)O)C(=O)Nc2ccc(CO)cc2)(c2ccccc2)c2ccccc2)cc1. The van der Waals surface area contributed by atoms with Crippen molar-refractivity contribution >= 4 is 17.7 Å². The summed E-state index contributed by atoms with van der Waals surface area (Å²) in [6.07, 6.45) is 0.458. The van der Waals surface area contributed by atoms with E-state index in [4.69, 9.17) is 0 Å². The molecular formula is C34H37N3O4. The van der Waals surface area contributed by atoms with Crippen molar-refractivity contribution in [1.82, 2.24) is 10.6 Å². The number of carbonyl (C=O) groups is 2. The number of rotatable bonds is 13. The molecule has 0 heterocycles. The Morgan fingerprint density at radius 3 is 1.85 bits per heavy atom. The zero-order valence-corrected chi connectivity index (χ0v) is 23.2. The van der Waals surface area contributed by atoms with E-state index in [1.807, 2.05) is 36.4 Å². The number of aliphatic hydroxyl groups is 1. The highest BCUT2D eigenvalue weighted by Gasteiger charge is 2.35. The van der Waals surface area contributed by atoms with Crippen molar-refractivity contribution in [3.05, 3.63) is 137 Å². The number of anilines is 1. The van der Waals surface area contributed by atoms with E-state index in [1.165, 1.54) is 5.56 Å². The van der Waals surface area contributed by atoms with E-state index >= 15 is 0 Å². The molecule has 0 aliphatic carbocycles. The average molecular weight is 552 g/mol. The first kappa shape index (κ1) is 29.5. The van der Waals surface area contributed by atoms with Crippen LogP contribution in [0.4, 0.5) is 10.5 Å². The maximum Gasteiger partial charge on any atom is 0.405 e. The van der Waals surface area contributed by atoms with Crippen LogP contribution in [0, 0.1) is 6.92 Å². The van der Waals surface area contributed by atoms with E-state index in [9.17, 15) is 19.8 Å². The van der Waals surface area contributed by atoms with E-state index in [1.54, 1.807) is 24.3 Å². The summed E-state index contributed by atoms with van der Waals surface area (Å²) in [5, 5.41) is 27.5. The van der Waals surface area contributed by atoms with Crippen molar-refractivity contribution in [3.8, 4) is 0 Å². The zero-order valence-electron chi connectivity index (χ0n) is 23.2. The molecule has 0 fully saturated rings. The van der Waals surface area contributed by atoms with Crippen molar-refractivity contribution < 1.29 is 19.8 Å². The molecule has 2 amide bonds. The van der Waals surface area contributed by atoms with Crippen LogP contribution in [0.25, 0.3) is 0 Å². The highest BCUT2D eigenvalue weighted by atomic mass is 16.4. The monoisotopic (exact) mass is 551 g/mol. The third-order valence-corrected chi connectivity index (χ3v) is 7.23. The number of aliphatic hydroxyl groups excluding tert-OH is 1. The van der Waals surface area contributed by atoms with Gasteiger partial charge in [-0.15, -0.1) is 0 Å². The van der Waals surface area contributed by atoms with E-state index in [-0.39, 0.29) is 6.61 Å². The van der Waals surface area contributed by atoms with Crippen molar-refractivity contribution in [1.29, 1.82) is 0 Å². The fraction of sp³-hybridized carbons (Fsp3) is 0.235. The Balaban J connectivity index is 1.48. The Kier molecular flexibility index (Phi) is 10.3. The van der Waals surface area contributed by atoms with Crippen LogP contribution in [0.2, 0.25) is 0 Å². The average Bonchev–Trinajstić information content (AvgIpc) is 3.00. The zero-order chi connectivity index (χ0) is 29.1. The minimum Gasteiger partial charge on any atom is -0.465 e. The van der Waals surface area contributed by atoms with Gasteiger partial charge in [0.15, 0.2) is 0 Å². The maximum absolute atomic E-state index is 12.9. The largest absolute Gasteiger partial charge is 0.465 e. The fourth-order valence-electron chi connectivity index (χ4n) is 5.08. The smallest absolute Gasteiger partial charge is 0.405 e. The lowest BCUT2D eigenvalue weighted by Crippen LogP contribution is -2.45. The van der Waals surface area contributed by atoms with Gasteiger partial charge in [-0.25, -0.2) is 4.79 Å². The van der Waals surface area contributed by atoms with Gasteiger partial charge in [0.25, 0.3) is 0 Å². The Morgan fingerprint density at radius 1 is 0.756 bits per heavy atom. The predicted octanol–water partition coefficient (Wildman–Crippen LogP) is 5.81. The highest BCUT2D eigenvalue weighted by Crippen LogP contribution is 2.37. The minimum absolute atomic E-state index is 0.0921. The first-order valence-electron chi connectivity index (χ1n) is 13.9. The Morgan fingerprint density at radius 2 is 1.32 bits per heavy atom. The van der Waals surface area contributed by atoms with Gasteiger partial charge in [-0.2, -0.15) is 0 Å². The van der Waals surface area contributed by atoms with E-state index in [2.05, 4.69) is 71.4 Å². The van der Waals surface area contributed by atoms with Gasteiger partial charge in [0.1, 0.15) is 6.04 Å². The number of unbranched alkanes of at least 4 members (excludes halogenated alkanes) is 1. The van der Waals surface area contributed by atoms with E-state index in [0.29, 0.717) is 25.1 Å². The van der Waals surface area contributed by atoms with E-state index in [0.717, 1.165) is 28.7 Å². The molecule has 0 radical (unpaired) electrons. The summed E-state index contributed by atoms with van der Waals surface area (Å²) in [5.41, 5.74) is 5.22. The molecule has 1 unspecified atom stereocenters. The molecule has 7 heteroatoms. The predicted molar refractivity (Wildman–Crippen MR) is 162 cm³/mol. The molecule has 0 aliphatic heterocycles. The van der Waals surface area contributed by atoms with Gasteiger partial charge in [0.2, 0.25) is 5.91 Å². The highest BCUT2D eigenvalue weighted by molar-refractivity contribution is 5.96. The van der Waals surface area contributed by atoms with E-state index < -0.39 is 23.6 Å². The van der Waals surface area contributed by atoms with Gasteiger partial charge in [0, 0.05) is 5.69 Å². The van der Waals surface area contributed by atoms with Crippen LogP contribution in [0.5, 0.6) is 0 Å². The lowest BCUT2D eigenvalue weighted by molar-refractivity contribution is -0.118. The second-order valence-electron chi connectivity index (χ2n) is 10.1. The number of carbonyl (C=O) groups excluding carboxylic acids is 1. The van der Waals surface area contributed by atoms with Gasteiger partial charge in [-0.05, 0) is 67.1 Å². The van der Waals surface area contributed by atoms with Crippen molar-refractivity contribution in [2.45, 2.75) is 44.4 Å². The van der Waals surface area contributed by atoms with Crippen LogP contribution in [-0.2, 0) is 16.9 Å². The second kappa shape index (κ2) is 14.3. The molecule has 4 rings (SSSR count). The Labute approximate surface area is 241 Å². The molecule has 7 nitrogen and oxygen atoms in total. The normalized spacial score (nSPS) is 12.0. The van der Waals surface area contributed by atoms with Crippen LogP contribution < -0.4 is 16.0 Å². The first-order valence-corrected chi connectivity index (χ1v) is 13.9. The maximum atomic E-state index is 12.9. The van der Waals surface area contributed by atoms with Crippen molar-refractivity contribution in [2.75, 3.05) is 11.9 Å². The molecule has 0 aromatic heterocycles. The topological polar surface area (TPSA) is 111 Å². The summed E-state index contributed by atoms with van der Waals surface area (Å²) in [7, 11) is 0. The van der Waals surface area contributed by atoms with Gasteiger partial charge < -0.3 is 20.8 Å². The van der Waals surface area contributed by atoms with Crippen molar-refractivity contribution in [2.24, 2.45) is 0 Å². The van der Waals surface area contributed by atoms with Crippen LogP contribution in [0.3, 0.4) is 0 Å². The first-order chi connectivity index (χ1) is 19.9. The quantitative estimate of drug-likeness (QED) is 0.106. The molecule has 0 saturated carbocycles. The standard InChI is InChI=1S/C34H37N3O4/c1-25-15-19-29(20-16-25)34(27-10-4-2-5-11-27,28-12-6-3-7-13-28)35-23-9-8-14-31(37-33(40)41)32(39)36-30-21-17-26(24-38)18-22-30/h2-7,10-13,15-22,31,35,37-38H,8-9,14,23-24H2,1H3,(H,36,39)(H,40,41). The fourth-order valence-corrected chi connectivity index (χ4v) is 5.08. The van der Waals surface area contributed by atoms with Crippen LogP contribution in [-0.4, -0.2) is 34.8 Å². The Bertz CT molecular complexity index is 1350. The lowest BCUT2D eigenvalue weighted by Gasteiger charge is -2.37. The molecule has 1 atom stereocenters. The van der Waals surface area contributed by atoms with Crippen LogP contribution in [0.1, 0.15) is 47.1 Å². The molecule has 41 heavy (non-hydrogen) atoms. The molecule has 0 bridgehead atoms. The summed E-state index contributed by atoms with van der Waals surface area (Å²) in [6.45, 7) is 2.62. The van der Waals surface area contributed by atoms with Gasteiger partial charge in [-0.1, -0.05) is 103 Å². The summed E-state index contributed by atoms with van der Waals surface area (Å²) in [6, 6.07) is 35.2. The van der Waals surface area contributed by atoms with Gasteiger partial charge in [0.05, 0.1) is 12.1 Å². The Hall–Kier alpha value is -4.46. The van der Waals surface area contributed by atoms with Crippen LogP contribution >= 0.6 is 0 Å². The summed E-state index contributed by atoms with van der Waals surface area (Å²) in [5.74, 6) is -0.417. The molecular weight excluding hydrogens is 514 g/mol. The van der Waals surface area contributed by atoms with Crippen LogP contribution in [0.15, 0.2) is 109 Å². The number of amides is 2. The lowest BCUT2D eigenvalue weighted by atomic mass is 9.76. The number of hydrogen-bond acceptors (Lipinski definition) is 4. The number of hydrogen-bond donors (Lipinski definition) is 5. The van der Waals surface area contributed by atoms with Gasteiger partial charge >= 0.3 is 6.09 Å². The summed E-state index contributed by atoms with van der Waals surface area (Å²) in [4.78, 5) is 24.3. The molecule has 212 valence electrons. The summed E-state index contributed by atoms with van der Waals surface area (Å²) >= 11 is 0.